The molecule has 1 fully saturated rings. The average molecular weight is 314 g/mol. The van der Waals surface area contributed by atoms with Gasteiger partial charge in [0.2, 0.25) is 0 Å². The zero-order chi connectivity index (χ0) is 16.6. The molecule has 1 aliphatic rings. The maximum absolute atomic E-state index is 12.9. The Balaban J connectivity index is 1.84. The highest BCUT2D eigenvalue weighted by atomic mass is 16.2. The summed E-state index contributed by atoms with van der Waals surface area (Å²) in [5, 5.41) is 0. The van der Waals surface area contributed by atoms with Crippen LogP contribution in [0.3, 0.4) is 0 Å². The van der Waals surface area contributed by atoms with Crippen LogP contribution in [0.25, 0.3) is 11.2 Å². The quantitative estimate of drug-likeness (QED) is 0.817. The smallest absolute Gasteiger partial charge is 0.255 e. The van der Waals surface area contributed by atoms with Crippen molar-refractivity contribution in [2.45, 2.75) is 59.0 Å². The van der Waals surface area contributed by atoms with Crippen molar-refractivity contribution in [3.8, 4) is 0 Å². The predicted octanol–water partition coefficient (Wildman–Crippen LogP) is 3.66. The Hall–Kier alpha value is -1.91. The average Bonchev–Trinajstić information content (AvgIpc) is 3.24. The van der Waals surface area contributed by atoms with E-state index >= 15 is 0 Å². The minimum Gasteiger partial charge on any atom is -0.336 e. The summed E-state index contributed by atoms with van der Waals surface area (Å²) in [6.45, 7) is 9.42. The number of carbonyl (C=O) groups is 1. The second-order valence-electron chi connectivity index (χ2n) is 7.22. The van der Waals surface area contributed by atoms with Gasteiger partial charge in [0.25, 0.3) is 5.91 Å². The third-order valence-corrected chi connectivity index (χ3v) is 4.41. The van der Waals surface area contributed by atoms with Gasteiger partial charge >= 0.3 is 0 Å². The Bertz CT molecular complexity index is 700. The summed E-state index contributed by atoms with van der Waals surface area (Å²) < 4.78 is 2.03. The number of rotatable bonds is 6. The van der Waals surface area contributed by atoms with Crippen LogP contribution in [0.15, 0.2) is 18.6 Å². The van der Waals surface area contributed by atoms with E-state index in [4.69, 9.17) is 0 Å². The molecule has 23 heavy (non-hydrogen) atoms. The lowest BCUT2D eigenvalue weighted by Gasteiger charge is -2.23. The molecule has 0 aliphatic heterocycles. The Morgan fingerprint density at radius 3 is 2.65 bits per heavy atom. The molecule has 2 heterocycles. The fourth-order valence-electron chi connectivity index (χ4n) is 2.81. The number of amides is 1. The summed E-state index contributed by atoms with van der Waals surface area (Å²) >= 11 is 0. The maximum Gasteiger partial charge on any atom is 0.255 e. The highest BCUT2D eigenvalue weighted by molar-refractivity contribution is 5.96. The van der Waals surface area contributed by atoms with E-state index in [-0.39, 0.29) is 5.91 Å². The van der Waals surface area contributed by atoms with E-state index in [9.17, 15) is 4.79 Å². The first-order chi connectivity index (χ1) is 11.0. The van der Waals surface area contributed by atoms with Gasteiger partial charge in [-0.15, -0.1) is 0 Å². The van der Waals surface area contributed by atoms with Crippen molar-refractivity contribution in [1.82, 2.24) is 19.4 Å². The molecule has 5 nitrogen and oxygen atoms in total. The van der Waals surface area contributed by atoms with Crippen molar-refractivity contribution in [2.24, 2.45) is 5.92 Å². The van der Waals surface area contributed by atoms with Crippen LogP contribution in [0.4, 0.5) is 0 Å². The Labute approximate surface area is 137 Å². The molecule has 0 unspecified atom stereocenters. The minimum absolute atomic E-state index is 0.0987. The summed E-state index contributed by atoms with van der Waals surface area (Å²) in [6.07, 6.45) is 6.80. The Morgan fingerprint density at radius 1 is 1.30 bits per heavy atom. The van der Waals surface area contributed by atoms with Gasteiger partial charge in [-0.2, -0.15) is 0 Å². The summed E-state index contributed by atoms with van der Waals surface area (Å²) in [7, 11) is 0. The second kappa shape index (κ2) is 6.30. The molecular formula is C18H26N4O. The second-order valence-corrected chi connectivity index (χ2v) is 7.22. The highest BCUT2D eigenvalue weighted by Gasteiger charge is 2.33. The number of imidazole rings is 1. The van der Waals surface area contributed by atoms with Crippen LogP contribution in [0.2, 0.25) is 0 Å². The van der Waals surface area contributed by atoms with Crippen LogP contribution >= 0.6 is 0 Å². The van der Waals surface area contributed by atoms with Crippen molar-refractivity contribution in [1.29, 1.82) is 0 Å². The van der Waals surface area contributed by atoms with Crippen LogP contribution in [-0.2, 0) is 0 Å². The number of nitrogens with zero attached hydrogens (tertiary/aromatic N) is 4. The van der Waals surface area contributed by atoms with Crippen molar-refractivity contribution in [3.05, 3.63) is 24.2 Å². The largest absolute Gasteiger partial charge is 0.336 e. The van der Waals surface area contributed by atoms with Gasteiger partial charge in [0, 0.05) is 24.8 Å². The number of hydrogen-bond donors (Lipinski definition) is 0. The first-order valence-corrected chi connectivity index (χ1v) is 8.61. The maximum atomic E-state index is 12.9. The van der Waals surface area contributed by atoms with E-state index in [1.165, 1.54) is 0 Å². The van der Waals surface area contributed by atoms with Crippen molar-refractivity contribution < 1.29 is 4.79 Å². The molecule has 2 aromatic rings. The van der Waals surface area contributed by atoms with E-state index in [0.29, 0.717) is 23.6 Å². The normalized spacial score (nSPS) is 14.9. The van der Waals surface area contributed by atoms with Gasteiger partial charge in [-0.3, -0.25) is 4.79 Å². The van der Waals surface area contributed by atoms with Gasteiger partial charge in [-0.05, 0) is 45.1 Å². The zero-order valence-electron chi connectivity index (χ0n) is 14.5. The standard InChI is InChI=1S/C18H26N4O/c1-12(2)7-8-21(15-5-6-15)18(23)14-9-16-17(19-10-14)22(11-20-16)13(3)4/h9-13,15H,5-8H2,1-4H3. The molecule has 0 radical (unpaired) electrons. The Kier molecular flexibility index (Phi) is 4.37. The molecule has 2 aromatic heterocycles. The molecule has 1 saturated carbocycles. The van der Waals surface area contributed by atoms with Crippen molar-refractivity contribution >= 4 is 17.1 Å². The SMILES string of the molecule is CC(C)CCN(C(=O)c1cnc2c(c1)ncn2C(C)C)C1CC1. The van der Waals surface area contributed by atoms with Gasteiger partial charge in [0.1, 0.15) is 5.52 Å². The van der Waals surface area contributed by atoms with Crippen molar-refractivity contribution in [3.63, 3.8) is 0 Å². The van der Waals surface area contributed by atoms with Crippen LogP contribution in [0, 0.1) is 5.92 Å². The molecule has 1 aliphatic carbocycles. The lowest BCUT2D eigenvalue weighted by molar-refractivity contribution is 0.0735. The molecule has 0 atom stereocenters. The summed E-state index contributed by atoms with van der Waals surface area (Å²) in [4.78, 5) is 23.8. The summed E-state index contributed by atoms with van der Waals surface area (Å²) in [5.74, 6) is 0.702. The molecule has 124 valence electrons. The molecule has 0 spiro atoms. The van der Waals surface area contributed by atoms with Crippen LogP contribution in [0.5, 0.6) is 0 Å². The fraction of sp³-hybridized carbons (Fsp3) is 0.611. The molecule has 0 saturated heterocycles. The van der Waals surface area contributed by atoms with E-state index in [2.05, 4.69) is 37.7 Å². The van der Waals surface area contributed by atoms with Crippen LogP contribution < -0.4 is 0 Å². The van der Waals surface area contributed by atoms with E-state index in [0.717, 1.165) is 37.0 Å². The number of pyridine rings is 1. The lowest BCUT2D eigenvalue weighted by atomic mass is 10.1. The number of carbonyl (C=O) groups excluding carboxylic acids is 1. The molecular weight excluding hydrogens is 288 g/mol. The fourth-order valence-corrected chi connectivity index (χ4v) is 2.81. The third-order valence-electron chi connectivity index (χ3n) is 4.41. The van der Waals surface area contributed by atoms with Gasteiger partial charge in [0.05, 0.1) is 11.9 Å². The molecule has 5 heteroatoms. The molecule has 1 amide bonds. The predicted molar refractivity (Wildman–Crippen MR) is 91.4 cm³/mol. The number of hydrogen-bond acceptors (Lipinski definition) is 3. The van der Waals surface area contributed by atoms with E-state index in [1.54, 1.807) is 12.5 Å². The topological polar surface area (TPSA) is 51.0 Å². The molecule has 0 aromatic carbocycles. The molecule has 0 N–H and O–H groups in total. The summed E-state index contributed by atoms with van der Waals surface area (Å²) in [6, 6.07) is 2.61. The molecule has 0 bridgehead atoms. The van der Waals surface area contributed by atoms with Gasteiger partial charge in [-0.1, -0.05) is 13.8 Å². The Morgan fingerprint density at radius 2 is 2.04 bits per heavy atom. The van der Waals surface area contributed by atoms with Crippen LogP contribution in [-0.4, -0.2) is 37.9 Å². The zero-order valence-corrected chi connectivity index (χ0v) is 14.5. The third kappa shape index (κ3) is 3.38. The van der Waals surface area contributed by atoms with E-state index in [1.807, 2.05) is 15.5 Å². The highest BCUT2D eigenvalue weighted by Crippen LogP contribution is 2.29. The number of aromatic nitrogens is 3. The van der Waals surface area contributed by atoms with Crippen LogP contribution in [0.1, 0.15) is 63.4 Å². The monoisotopic (exact) mass is 314 g/mol. The number of fused-ring (bicyclic) bond motifs is 1. The first-order valence-electron chi connectivity index (χ1n) is 8.61. The minimum atomic E-state index is 0.0987. The van der Waals surface area contributed by atoms with Gasteiger partial charge in [-0.25, -0.2) is 9.97 Å². The van der Waals surface area contributed by atoms with Crippen molar-refractivity contribution in [2.75, 3.05) is 6.54 Å². The lowest BCUT2D eigenvalue weighted by Crippen LogP contribution is -2.34. The van der Waals surface area contributed by atoms with Gasteiger partial charge in [0.15, 0.2) is 5.65 Å². The first kappa shape index (κ1) is 16.0. The molecule has 3 rings (SSSR count). The van der Waals surface area contributed by atoms with Gasteiger partial charge < -0.3 is 9.47 Å². The van der Waals surface area contributed by atoms with E-state index < -0.39 is 0 Å². The summed E-state index contributed by atoms with van der Waals surface area (Å²) in [5.41, 5.74) is 2.29.